The van der Waals surface area contributed by atoms with E-state index in [9.17, 15) is 8.42 Å². The Morgan fingerprint density at radius 2 is 1.64 bits per heavy atom. The first-order valence-corrected chi connectivity index (χ1v) is 8.61. The predicted octanol–water partition coefficient (Wildman–Crippen LogP) is 2.91. The van der Waals surface area contributed by atoms with Gasteiger partial charge in [-0.25, -0.2) is 13.1 Å². The number of benzene rings is 2. The summed E-state index contributed by atoms with van der Waals surface area (Å²) in [6.45, 7) is 3.78. The van der Waals surface area contributed by atoms with E-state index in [4.69, 9.17) is 4.74 Å². The smallest absolute Gasteiger partial charge is 0.240 e. The van der Waals surface area contributed by atoms with E-state index in [0.29, 0.717) is 11.3 Å². The molecule has 0 aliphatic rings. The molecule has 5 heteroatoms. The highest BCUT2D eigenvalue weighted by atomic mass is 32.2. The Hall–Kier alpha value is -1.85. The molecule has 0 heterocycles. The summed E-state index contributed by atoms with van der Waals surface area (Å²) >= 11 is 0. The molecule has 2 aromatic carbocycles. The monoisotopic (exact) mass is 319 g/mol. The Kier molecular flexibility index (Phi) is 5.21. The van der Waals surface area contributed by atoms with Gasteiger partial charge < -0.3 is 4.74 Å². The van der Waals surface area contributed by atoms with Crippen molar-refractivity contribution in [2.24, 2.45) is 0 Å². The van der Waals surface area contributed by atoms with Gasteiger partial charge in [0.1, 0.15) is 5.75 Å². The number of hydrogen-bond acceptors (Lipinski definition) is 3. The van der Waals surface area contributed by atoms with Gasteiger partial charge in [0.15, 0.2) is 0 Å². The molecule has 2 aromatic rings. The van der Waals surface area contributed by atoms with Crippen molar-refractivity contribution < 1.29 is 13.2 Å². The molecule has 1 N–H and O–H groups in total. The van der Waals surface area contributed by atoms with E-state index in [2.05, 4.69) is 4.72 Å². The molecule has 0 aliphatic carbocycles. The highest BCUT2D eigenvalue weighted by Gasteiger charge is 2.17. The summed E-state index contributed by atoms with van der Waals surface area (Å²) in [7, 11) is -1.87. The highest BCUT2D eigenvalue weighted by molar-refractivity contribution is 7.89. The number of rotatable bonds is 6. The third-order valence-electron chi connectivity index (χ3n) is 3.39. The van der Waals surface area contributed by atoms with E-state index in [1.54, 1.807) is 31.4 Å². The van der Waals surface area contributed by atoms with Crippen LogP contribution in [0.1, 0.15) is 18.1 Å². The molecule has 1 atom stereocenters. The van der Waals surface area contributed by atoms with E-state index in [1.165, 1.54) is 0 Å². The fraction of sp³-hybridized carbons (Fsp3) is 0.294. The van der Waals surface area contributed by atoms with Crippen LogP contribution in [0.4, 0.5) is 0 Å². The van der Waals surface area contributed by atoms with Crippen molar-refractivity contribution in [2.75, 3.05) is 7.11 Å². The van der Waals surface area contributed by atoms with E-state index in [1.807, 2.05) is 38.1 Å². The minimum Gasteiger partial charge on any atom is -0.497 e. The zero-order valence-electron chi connectivity index (χ0n) is 13.0. The van der Waals surface area contributed by atoms with Crippen LogP contribution in [-0.2, 0) is 16.4 Å². The van der Waals surface area contributed by atoms with Crippen LogP contribution in [0.2, 0.25) is 0 Å². The van der Waals surface area contributed by atoms with Crippen molar-refractivity contribution in [3.63, 3.8) is 0 Å². The Morgan fingerprint density at radius 3 is 2.18 bits per heavy atom. The molecule has 0 bridgehead atoms. The second-order valence-corrected chi connectivity index (χ2v) is 7.10. The maximum atomic E-state index is 12.3. The summed E-state index contributed by atoms with van der Waals surface area (Å²) in [6, 6.07) is 14.3. The lowest BCUT2D eigenvalue weighted by molar-refractivity contribution is 0.414. The van der Waals surface area contributed by atoms with Crippen molar-refractivity contribution in [3.05, 3.63) is 59.7 Å². The van der Waals surface area contributed by atoms with Crippen LogP contribution in [0.3, 0.4) is 0 Å². The highest BCUT2D eigenvalue weighted by Crippen LogP contribution is 2.14. The van der Waals surface area contributed by atoms with E-state index in [0.717, 1.165) is 16.9 Å². The number of nitrogens with one attached hydrogen (secondary N) is 1. The van der Waals surface area contributed by atoms with Crippen molar-refractivity contribution in [3.8, 4) is 5.75 Å². The minimum atomic E-state index is -3.48. The van der Waals surface area contributed by atoms with Gasteiger partial charge in [0.25, 0.3) is 0 Å². The van der Waals surface area contributed by atoms with Crippen LogP contribution in [0, 0.1) is 6.92 Å². The van der Waals surface area contributed by atoms with Crippen molar-refractivity contribution in [2.45, 2.75) is 31.2 Å². The first kappa shape index (κ1) is 16.5. The molecule has 0 aliphatic heterocycles. The Labute approximate surface area is 132 Å². The normalized spacial score (nSPS) is 12.9. The van der Waals surface area contributed by atoms with Gasteiger partial charge in [-0.3, -0.25) is 0 Å². The van der Waals surface area contributed by atoms with Crippen molar-refractivity contribution >= 4 is 10.0 Å². The van der Waals surface area contributed by atoms with Crippen LogP contribution in [0.15, 0.2) is 53.4 Å². The largest absolute Gasteiger partial charge is 0.497 e. The summed E-state index contributed by atoms with van der Waals surface area (Å²) in [4.78, 5) is 0.291. The minimum absolute atomic E-state index is 0.195. The molecule has 4 nitrogen and oxygen atoms in total. The van der Waals surface area contributed by atoms with Gasteiger partial charge in [-0.1, -0.05) is 29.8 Å². The van der Waals surface area contributed by atoms with Gasteiger partial charge >= 0.3 is 0 Å². The lowest BCUT2D eigenvalue weighted by atomic mass is 10.1. The Balaban J connectivity index is 2.03. The Bertz CT molecular complexity index is 707. The maximum Gasteiger partial charge on any atom is 0.240 e. The number of hydrogen-bond donors (Lipinski definition) is 1. The van der Waals surface area contributed by atoms with Gasteiger partial charge in [0, 0.05) is 6.04 Å². The molecule has 118 valence electrons. The number of ether oxygens (including phenoxy) is 1. The van der Waals surface area contributed by atoms with E-state index >= 15 is 0 Å². The maximum absolute atomic E-state index is 12.3. The number of aryl methyl sites for hydroxylation is 1. The van der Waals surface area contributed by atoms with Gasteiger partial charge in [0.2, 0.25) is 10.0 Å². The zero-order chi connectivity index (χ0) is 16.2. The third kappa shape index (κ3) is 4.32. The summed E-state index contributed by atoms with van der Waals surface area (Å²) in [5.41, 5.74) is 2.09. The molecule has 0 amide bonds. The Morgan fingerprint density at radius 1 is 1.05 bits per heavy atom. The molecule has 0 fully saturated rings. The fourth-order valence-corrected chi connectivity index (χ4v) is 3.45. The predicted molar refractivity (Wildman–Crippen MR) is 87.7 cm³/mol. The average Bonchev–Trinajstić information content (AvgIpc) is 2.48. The molecule has 0 spiro atoms. The summed E-state index contributed by atoms with van der Waals surface area (Å²) in [5.74, 6) is 0.789. The molecule has 0 aromatic heterocycles. The third-order valence-corrected chi connectivity index (χ3v) is 4.99. The molecular formula is C17H21NO3S. The molecule has 0 radical (unpaired) electrons. The fourth-order valence-electron chi connectivity index (χ4n) is 2.21. The standard InChI is InChI=1S/C17H21NO3S/c1-13-4-10-17(11-5-13)22(19,20)18-14(2)12-15-6-8-16(21-3)9-7-15/h4-11,14,18H,12H2,1-3H3/t14-/m0/s1. The van der Waals surface area contributed by atoms with Gasteiger partial charge in [-0.05, 0) is 50.1 Å². The molecular weight excluding hydrogens is 298 g/mol. The van der Waals surface area contributed by atoms with Crippen molar-refractivity contribution in [1.29, 1.82) is 0 Å². The lowest BCUT2D eigenvalue weighted by Crippen LogP contribution is -2.34. The number of methoxy groups -OCH3 is 1. The second kappa shape index (κ2) is 6.94. The molecule has 0 unspecified atom stereocenters. The molecule has 2 rings (SSSR count). The van der Waals surface area contributed by atoms with Crippen LogP contribution in [0.5, 0.6) is 5.75 Å². The first-order chi connectivity index (χ1) is 10.4. The molecule has 0 saturated carbocycles. The van der Waals surface area contributed by atoms with E-state index < -0.39 is 10.0 Å². The van der Waals surface area contributed by atoms with Crippen LogP contribution in [-0.4, -0.2) is 21.6 Å². The van der Waals surface area contributed by atoms with Gasteiger partial charge in [-0.15, -0.1) is 0 Å². The first-order valence-electron chi connectivity index (χ1n) is 7.12. The average molecular weight is 319 g/mol. The summed E-state index contributed by atoms with van der Waals surface area (Å²) in [5, 5.41) is 0. The van der Waals surface area contributed by atoms with Crippen LogP contribution in [0.25, 0.3) is 0 Å². The van der Waals surface area contributed by atoms with Crippen LogP contribution >= 0.6 is 0 Å². The zero-order valence-corrected chi connectivity index (χ0v) is 13.9. The van der Waals surface area contributed by atoms with Crippen molar-refractivity contribution in [1.82, 2.24) is 4.72 Å². The topological polar surface area (TPSA) is 55.4 Å². The number of sulfonamides is 1. The van der Waals surface area contributed by atoms with Gasteiger partial charge in [-0.2, -0.15) is 0 Å². The molecule has 22 heavy (non-hydrogen) atoms. The van der Waals surface area contributed by atoms with E-state index in [-0.39, 0.29) is 6.04 Å². The second-order valence-electron chi connectivity index (χ2n) is 5.39. The quantitative estimate of drug-likeness (QED) is 0.890. The summed E-state index contributed by atoms with van der Waals surface area (Å²) < 4.78 is 32.4. The molecule has 0 saturated heterocycles. The lowest BCUT2D eigenvalue weighted by Gasteiger charge is -2.14. The van der Waals surface area contributed by atoms with Gasteiger partial charge in [0.05, 0.1) is 12.0 Å². The SMILES string of the molecule is COc1ccc(C[C@H](C)NS(=O)(=O)c2ccc(C)cc2)cc1. The van der Waals surface area contributed by atoms with Crippen LogP contribution < -0.4 is 9.46 Å². The summed E-state index contributed by atoms with van der Waals surface area (Å²) in [6.07, 6.45) is 0.620.